The van der Waals surface area contributed by atoms with Crippen molar-refractivity contribution >= 4 is 11.6 Å². The van der Waals surface area contributed by atoms with Gasteiger partial charge in [-0.05, 0) is 48.2 Å². The molecule has 0 unspecified atom stereocenters. The minimum Gasteiger partial charge on any atom is -0.571 e. The highest BCUT2D eigenvalue weighted by atomic mass is 16.5. The summed E-state index contributed by atoms with van der Waals surface area (Å²) in [4.78, 5) is 30.0. The molecule has 2 aromatic carbocycles. The first kappa shape index (κ1) is 20.6. The molecular formula is C25H20N4O4. The number of fused-ring (bicyclic) bond motifs is 2. The van der Waals surface area contributed by atoms with Gasteiger partial charge in [-0.2, -0.15) is 0 Å². The number of rotatable bonds is 5. The zero-order valence-electron chi connectivity index (χ0n) is 18.1. The molecule has 0 fully saturated rings. The fraction of sp³-hybridized carbons (Fsp3) is 0.160. The van der Waals surface area contributed by atoms with Crippen LogP contribution >= 0.6 is 0 Å². The van der Waals surface area contributed by atoms with Crippen LogP contribution in [0.1, 0.15) is 43.4 Å². The summed E-state index contributed by atoms with van der Waals surface area (Å²) in [5.74, 6) is -0.281. The van der Waals surface area contributed by atoms with Crippen molar-refractivity contribution in [3.8, 4) is 16.9 Å². The molecule has 0 spiro atoms. The zero-order chi connectivity index (χ0) is 23.1. The third kappa shape index (κ3) is 3.45. The highest BCUT2D eigenvalue weighted by molar-refractivity contribution is 6.26. The summed E-state index contributed by atoms with van der Waals surface area (Å²) in [7, 11) is 1.59. The van der Waals surface area contributed by atoms with Gasteiger partial charge in [0.2, 0.25) is 17.3 Å². The van der Waals surface area contributed by atoms with Gasteiger partial charge in [-0.1, -0.05) is 42.0 Å². The molecule has 1 aliphatic carbocycles. The van der Waals surface area contributed by atoms with Crippen LogP contribution in [0, 0.1) is 12.1 Å². The number of carbonyl (C=O) groups is 2. The van der Waals surface area contributed by atoms with Crippen LogP contribution < -0.4 is 9.70 Å². The van der Waals surface area contributed by atoms with Gasteiger partial charge in [-0.15, -0.1) is 4.68 Å². The Labute approximate surface area is 189 Å². The molecule has 0 amide bonds. The second-order valence-corrected chi connectivity index (χ2v) is 7.87. The molecule has 2 heterocycles. The van der Waals surface area contributed by atoms with Crippen molar-refractivity contribution in [2.75, 3.05) is 7.11 Å². The Kier molecular flexibility index (Phi) is 4.97. The van der Waals surface area contributed by atoms with E-state index >= 15 is 0 Å². The summed E-state index contributed by atoms with van der Waals surface area (Å²) in [6, 6.07) is 17.2. The van der Waals surface area contributed by atoms with Crippen molar-refractivity contribution < 1.29 is 19.3 Å². The van der Waals surface area contributed by atoms with Gasteiger partial charge in [-0.25, -0.2) is 0 Å². The molecule has 0 saturated heterocycles. The van der Waals surface area contributed by atoms with Crippen LogP contribution in [0.2, 0.25) is 0 Å². The van der Waals surface area contributed by atoms with Crippen LogP contribution in [0.3, 0.4) is 0 Å². The quantitative estimate of drug-likeness (QED) is 0.308. The topological polar surface area (TPSA) is 101 Å². The average Bonchev–Trinajstić information content (AvgIpc) is 3.18. The van der Waals surface area contributed by atoms with E-state index < -0.39 is 11.6 Å². The number of benzene rings is 2. The Balaban J connectivity index is 1.45. The van der Waals surface area contributed by atoms with Crippen LogP contribution in [0.25, 0.3) is 11.1 Å². The number of aromatic nitrogens is 4. The van der Waals surface area contributed by atoms with E-state index in [0.717, 1.165) is 16.7 Å². The molecule has 0 N–H and O–H groups in total. The third-order valence-corrected chi connectivity index (χ3v) is 5.84. The van der Waals surface area contributed by atoms with E-state index in [2.05, 4.69) is 34.3 Å². The van der Waals surface area contributed by atoms with Gasteiger partial charge >= 0.3 is 0 Å². The number of aryl methyl sites for hydroxylation is 2. The van der Waals surface area contributed by atoms with E-state index in [1.807, 2.05) is 25.1 Å². The van der Waals surface area contributed by atoms with Crippen molar-refractivity contribution in [1.82, 2.24) is 14.8 Å². The van der Waals surface area contributed by atoms with Gasteiger partial charge in [0.1, 0.15) is 11.4 Å². The van der Waals surface area contributed by atoms with Crippen LogP contribution in [0.15, 0.2) is 60.8 Å². The average molecular weight is 440 g/mol. The molecule has 0 atom stereocenters. The van der Waals surface area contributed by atoms with Crippen molar-refractivity contribution in [3.63, 3.8) is 0 Å². The number of hydrogen-bond donors (Lipinski definition) is 0. The lowest BCUT2D eigenvalue weighted by Crippen LogP contribution is -2.41. The first-order chi connectivity index (χ1) is 16.0. The number of hydrogen-bond acceptors (Lipinski definition) is 6. The van der Waals surface area contributed by atoms with E-state index in [-0.39, 0.29) is 29.2 Å². The second-order valence-electron chi connectivity index (χ2n) is 7.87. The first-order valence-corrected chi connectivity index (χ1v) is 10.5. The smallest absolute Gasteiger partial charge is 0.239 e. The Hall–Kier alpha value is -4.33. The minimum absolute atomic E-state index is 0.00857. The molecule has 1 aliphatic rings. The fourth-order valence-electron chi connectivity index (χ4n) is 4.08. The number of methoxy groups -OCH3 is 1. The van der Waals surface area contributed by atoms with Crippen LogP contribution in [-0.4, -0.2) is 33.4 Å². The molecule has 4 aromatic rings. The Morgan fingerprint density at radius 2 is 1.76 bits per heavy atom. The monoisotopic (exact) mass is 440 g/mol. The molecular weight excluding hydrogens is 420 g/mol. The number of carbonyl (C=O) groups excluding carboxylic acids is 2. The van der Waals surface area contributed by atoms with Gasteiger partial charge in [-0.3, -0.25) is 14.6 Å². The summed E-state index contributed by atoms with van der Waals surface area (Å²) < 4.78 is 6.78. The third-order valence-electron chi connectivity index (χ3n) is 5.84. The van der Waals surface area contributed by atoms with Gasteiger partial charge in [0.25, 0.3) is 0 Å². The Bertz CT molecular complexity index is 1410. The molecule has 0 saturated carbocycles. The van der Waals surface area contributed by atoms with Gasteiger partial charge in [0, 0.05) is 16.3 Å². The lowest BCUT2D eigenvalue weighted by atomic mass is 9.94. The molecule has 8 heteroatoms. The zero-order valence-corrected chi connectivity index (χ0v) is 18.1. The standard InChI is InChI=1S/C25H20N4O4/c1-15-5-7-16(8-6-15)18-10-9-17(20(14-18)33-2)11-13-28-23-22(27-29(28)32)25(31)21-19(24(23)30)4-3-12-26-21/h3-10,12,14H,11,13H2,1-2H3. The van der Waals surface area contributed by atoms with Crippen molar-refractivity contribution in [2.45, 2.75) is 19.9 Å². The summed E-state index contributed by atoms with van der Waals surface area (Å²) in [6.07, 6.45) is 1.84. The van der Waals surface area contributed by atoms with E-state index in [1.165, 1.54) is 22.5 Å². The van der Waals surface area contributed by atoms with E-state index in [1.54, 1.807) is 13.2 Å². The molecule has 164 valence electrons. The van der Waals surface area contributed by atoms with Gasteiger partial charge in [0.15, 0.2) is 5.69 Å². The summed E-state index contributed by atoms with van der Waals surface area (Å²) in [5.41, 5.74) is 4.16. The van der Waals surface area contributed by atoms with E-state index in [9.17, 15) is 14.8 Å². The number of ether oxygens (including phenoxy) is 1. The maximum Gasteiger partial charge on any atom is 0.239 e. The summed E-state index contributed by atoms with van der Waals surface area (Å²) in [5, 5.41) is 16.3. The maximum absolute atomic E-state index is 13.0. The molecule has 33 heavy (non-hydrogen) atoms. The van der Waals surface area contributed by atoms with Crippen LogP contribution in [0.5, 0.6) is 5.75 Å². The van der Waals surface area contributed by atoms with Gasteiger partial charge < -0.3 is 9.94 Å². The molecule has 5 rings (SSSR count). The summed E-state index contributed by atoms with van der Waals surface area (Å²) >= 11 is 0. The molecule has 0 radical (unpaired) electrons. The lowest BCUT2D eigenvalue weighted by Gasteiger charge is -2.13. The molecule has 0 aliphatic heterocycles. The normalized spacial score (nSPS) is 12.4. The highest BCUT2D eigenvalue weighted by Gasteiger charge is 2.40. The van der Waals surface area contributed by atoms with Crippen molar-refractivity contribution in [1.29, 1.82) is 0 Å². The largest absolute Gasteiger partial charge is 0.571 e. The number of pyridine rings is 1. The van der Waals surface area contributed by atoms with Gasteiger partial charge in [0.05, 0.1) is 19.2 Å². The first-order valence-electron chi connectivity index (χ1n) is 10.5. The molecule has 2 aromatic heterocycles. The Morgan fingerprint density at radius 1 is 1.00 bits per heavy atom. The number of nitrogens with zero attached hydrogens (tertiary/aromatic N) is 4. The maximum atomic E-state index is 13.0. The van der Waals surface area contributed by atoms with E-state index in [4.69, 9.17) is 4.74 Å². The van der Waals surface area contributed by atoms with Crippen LogP contribution in [0.4, 0.5) is 0 Å². The van der Waals surface area contributed by atoms with Crippen molar-refractivity contribution in [2.24, 2.45) is 0 Å². The second kappa shape index (κ2) is 7.98. The minimum atomic E-state index is -0.524. The molecule has 0 bridgehead atoms. The van der Waals surface area contributed by atoms with E-state index in [0.29, 0.717) is 17.1 Å². The van der Waals surface area contributed by atoms with Crippen LogP contribution in [-0.2, 0) is 13.0 Å². The predicted octanol–water partition coefficient (Wildman–Crippen LogP) is 2.91. The predicted molar refractivity (Wildman–Crippen MR) is 119 cm³/mol. The lowest BCUT2D eigenvalue weighted by molar-refractivity contribution is -0.749. The SMILES string of the molecule is COc1cc(-c2ccc(C)cc2)ccc1CCn1c2c(n[n+]1[O-])C(=O)c1ncccc1C2=O. The van der Waals surface area contributed by atoms with Crippen molar-refractivity contribution in [3.05, 3.63) is 99.8 Å². The highest BCUT2D eigenvalue weighted by Crippen LogP contribution is 2.29. The summed E-state index contributed by atoms with van der Waals surface area (Å²) in [6.45, 7) is 2.19. The Morgan fingerprint density at radius 3 is 2.52 bits per heavy atom. The number of ketones is 2. The fourth-order valence-corrected chi connectivity index (χ4v) is 4.08. The molecule has 8 nitrogen and oxygen atoms in total.